The first-order valence-electron chi connectivity index (χ1n) is 11.5. The Morgan fingerprint density at radius 3 is 2.37 bits per heavy atom. The molecule has 30 heavy (non-hydrogen) atoms. The van der Waals surface area contributed by atoms with Gasteiger partial charge in [0, 0.05) is 5.56 Å². The first-order chi connectivity index (χ1) is 14.5. The van der Waals surface area contributed by atoms with Crippen LogP contribution in [0.3, 0.4) is 0 Å². The maximum Gasteiger partial charge on any atom is 0.175 e. The largest absolute Gasteiger partial charge is 0.490 e. The lowest BCUT2D eigenvalue weighted by molar-refractivity contribution is 0.291. The minimum absolute atomic E-state index is 0.0302. The number of rotatable bonds is 9. The van der Waals surface area contributed by atoms with Crippen LogP contribution in [0.1, 0.15) is 77.2 Å². The van der Waals surface area contributed by atoms with Crippen LogP contribution < -0.4 is 4.74 Å². The summed E-state index contributed by atoms with van der Waals surface area (Å²) in [6.07, 6.45) is 13.8. The Hall–Kier alpha value is -1.97. The van der Waals surface area contributed by atoms with Crippen molar-refractivity contribution in [2.45, 2.75) is 71.6 Å². The van der Waals surface area contributed by atoms with E-state index in [2.05, 4.69) is 6.92 Å². The maximum atomic E-state index is 14.7. The summed E-state index contributed by atoms with van der Waals surface area (Å²) in [6, 6.07) is 4.62. The Morgan fingerprint density at radius 2 is 1.67 bits per heavy atom. The topological polar surface area (TPSA) is 9.23 Å². The summed E-state index contributed by atoms with van der Waals surface area (Å²) in [5, 5.41) is 0.00671. The Bertz CT molecular complexity index is 866. The van der Waals surface area contributed by atoms with E-state index in [0.29, 0.717) is 17.9 Å². The highest BCUT2D eigenvalue weighted by molar-refractivity contribution is 5.87. The summed E-state index contributed by atoms with van der Waals surface area (Å²) >= 11 is 0. The van der Waals surface area contributed by atoms with Gasteiger partial charge in [-0.1, -0.05) is 57.7 Å². The van der Waals surface area contributed by atoms with Crippen LogP contribution >= 0.6 is 0 Å². The van der Waals surface area contributed by atoms with Crippen molar-refractivity contribution in [3.63, 3.8) is 0 Å². The zero-order valence-corrected chi connectivity index (χ0v) is 18.2. The zero-order valence-electron chi connectivity index (χ0n) is 18.2. The molecule has 4 heteroatoms. The van der Waals surface area contributed by atoms with Crippen LogP contribution in [0.5, 0.6) is 5.75 Å². The number of benzene rings is 2. The quantitative estimate of drug-likeness (QED) is 0.371. The van der Waals surface area contributed by atoms with E-state index in [1.165, 1.54) is 44.2 Å². The molecule has 1 fully saturated rings. The number of hydrogen-bond acceptors (Lipinski definition) is 1. The average molecular weight is 419 g/mol. The molecule has 0 spiro atoms. The van der Waals surface area contributed by atoms with Gasteiger partial charge >= 0.3 is 0 Å². The minimum atomic E-state index is -1.14. The molecule has 1 nitrogen and oxygen atoms in total. The fourth-order valence-electron chi connectivity index (χ4n) is 4.34. The molecular formula is C26H33F3O. The minimum Gasteiger partial charge on any atom is -0.490 e. The number of allylic oxidation sites excluding steroid dienone is 1. The van der Waals surface area contributed by atoms with Crippen molar-refractivity contribution in [3.8, 4) is 5.75 Å². The molecular weight excluding hydrogens is 385 g/mol. The second-order valence-electron chi connectivity index (χ2n) is 8.55. The van der Waals surface area contributed by atoms with Crippen molar-refractivity contribution < 1.29 is 17.9 Å². The molecule has 3 rings (SSSR count). The molecule has 1 aliphatic rings. The SMILES string of the molecule is CCCCOc1ccc2cc(C=CC3CCC(CCCC)CC3)c(F)c(F)c2c1F. The second-order valence-corrected chi connectivity index (χ2v) is 8.55. The van der Waals surface area contributed by atoms with Crippen LogP contribution in [0.4, 0.5) is 13.2 Å². The van der Waals surface area contributed by atoms with E-state index in [1.807, 2.05) is 13.0 Å². The first kappa shape index (κ1) is 22.7. The number of ether oxygens (including phenoxy) is 1. The molecule has 0 N–H and O–H groups in total. The summed E-state index contributed by atoms with van der Waals surface area (Å²) in [4.78, 5) is 0. The lowest BCUT2D eigenvalue weighted by Crippen LogP contribution is -2.12. The molecule has 0 saturated heterocycles. The molecule has 164 valence electrons. The molecule has 0 amide bonds. The van der Waals surface area contributed by atoms with E-state index in [0.717, 1.165) is 31.6 Å². The summed E-state index contributed by atoms with van der Waals surface area (Å²) in [7, 11) is 0. The van der Waals surface area contributed by atoms with Crippen LogP contribution in [-0.2, 0) is 0 Å². The highest BCUT2D eigenvalue weighted by Crippen LogP contribution is 2.35. The fourth-order valence-corrected chi connectivity index (χ4v) is 4.34. The van der Waals surface area contributed by atoms with Gasteiger partial charge in [0.05, 0.1) is 12.0 Å². The van der Waals surface area contributed by atoms with Gasteiger partial charge in [-0.2, -0.15) is 0 Å². The van der Waals surface area contributed by atoms with E-state index in [-0.39, 0.29) is 16.7 Å². The molecule has 0 atom stereocenters. The molecule has 2 aromatic carbocycles. The summed E-state index contributed by atoms with van der Waals surface area (Å²) in [6.45, 7) is 4.57. The maximum absolute atomic E-state index is 14.7. The van der Waals surface area contributed by atoms with Gasteiger partial charge in [-0.05, 0) is 61.5 Å². The average Bonchev–Trinajstić information content (AvgIpc) is 2.76. The Morgan fingerprint density at radius 1 is 0.933 bits per heavy atom. The molecule has 0 unspecified atom stereocenters. The molecule has 1 aliphatic carbocycles. The standard InChI is InChI=1S/C26H33F3O/c1-3-5-7-18-8-10-19(11-9-18)12-13-21-17-20-14-15-22(30-16-6-4-2)25(28)23(20)26(29)24(21)27/h12-15,17-19H,3-11,16H2,1-2H3. The molecule has 1 saturated carbocycles. The number of halogens is 3. The van der Waals surface area contributed by atoms with Crippen molar-refractivity contribution in [2.24, 2.45) is 11.8 Å². The van der Waals surface area contributed by atoms with Gasteiger partial charge in [-0.15, -0.1) is 0 Å². The Kier molecular flexibility index (Phi) is 8.24. The van der Waals surface area contributed by atoms with Crippen LogP contribution in [0.15, 0.2) is 24.3 Å². The Balaban J connectivity index is 1.75. The van der Waals surface area contributed by atoms with E-state index >= 15 is 0 Å². The number of fused-ring (bicyclic) bond motifs is 1. The van der Waals surface area contributed by atoms with Gasteiger partial charge in [-0.25, -0.2) is 13.2 Å². The molecule has 0 aliphatic heterocycles. The van der Waals surface area contributed by atoms with Gasteiger partial charge in [0.15, 0.2) is 23.2 Å². The van der Waals surface area contributed by atoms with Crippen LogP contribution in [0, 0.1) is 29.3 Å². The first-order valence-corrected chi connectivity index (χ1v) is 11.5. The Labute approximate surface area is 178 Å². The normalized spacial score (nSPS) is 19.6. The molecule has 0 heterocycles. The van der Waals surface area contributed by atoms with Crippen LogP contribution in [-0.4, -0.2) is 6.61 Å². The van der Waals surface area contributed by atoms with Crippen LogP contribution in [0.25, 0.3) is 16.8 Å². The van der Waals surface area contributed by atoms with E-state index in [9.17, 15) is 13.2 Å². The van der Waals surface area contributed by atoms with E-state index < -0.39 is 17.5 Å². The molecule has 0 radical (unpaired) electrons. The highest BCUT2D eigenvalue weighted by Gasteiger charge is 2.21. The lowest BCUT2D eigenvalue weighted by Gasteiger charge is -2.26. The zero-order chi connectivity index (χ0) is 21.5. The fraction of sp³-hybridized carbons (Fsp3) is 0.538. The van der Waals surface area contributed by atoms with Crippen molar-refractivity contribution in [2.75, 3.05) is 6.61 Å². The summed E-state index contributed by atoms with van der Waals surface area (Å²) < 4.78 is 49.5. The molecule has 2 aromatic rings. The second kappa shape index (κ2) is 10.9. The molecule has 0 bridgehead atoms. The third-order valence-corrected chi connectivity index (χ3v) is 6.28. The van der Waals surface area contributed by atoms with Gasteiger partial charge in [-0.3, -0.25) is 0 Å². The summed E-state index contributed by atoms with van der Waals surface area (Å²) in [5.74, 6) is -1.81. The third-order valence-electron chi connectivity index (χ3n) is 6.28. The van der Waals surface area contributed by atoms with Gasteiger partial charge < -0.3 is 4.74 Å². The number of hydrogen-bond donors (Lipinski definition) is 0. The highest BCUT2D eigenvalue weighted by atomic mass is 19.2. The molecule has 0 aromatic heterocycles. The monoisotopic (exact) mass is 418 g/mol. The van der Waals surface area contributed by atoms with Crippen molar-refractivity contribution in [1.82, 2.24) is 0 Å². The van der Waals surface area contributed by atoms with Crippen molar-refractivity contribution >= 4 is 16.8 Å². The van der Waals surface area contributed by atoms with Crippen molar-refractivity contribution in [3.05, 3.63) is 47.3 Å². The summed E-state index contributed by atoms with van der Waals surface area (Å²) in [5.41, 5.74) is 0.173. The predicted molar refractivity (Wildman–Crippen MR) is 118 cm³/mol. The lowest BCUT2D eigenvalue weighted by atomic mass is 9.79. The van der Waals surface area contributed by atoms with Crippen molar-refractivity contribution in [1.29, 1.82) is 0 Å². The van der Waals surface area contributed by atoms with Crippen LogP contribution in [0.2, 0.25) is 0 Å². The third kappa shape index (κ3) is 5.39. The number of unbranched alkanes of at least 4 members (excludes halogenated alkanes) is 2. The van der Waals surface area contributed by atoms with E-state index in [4.69, 9.17) is 4.74 Å². The van der Waals surface area contributed by atoms with Gasteiger partial charge in [0.1, 0.15) is 0 Å². The van der Waals surface area contributed by atoms with Gasteiger partial charge in [0.2, 0.25) is 0 Å². The van der Waals surface area contributed by atoms with E-state index in [1.54, 1.807) is 12.1 Å². The van der Waals surface area contributed by atoms with Gasteiger partial charge in [0.25, 0.3) is 0 Å². The smallest absolute Gasteiger partial charge is 0.175 e. The predicted octanol–water partition coefficient (Wildman–Crippen LogP) is 8.45.